The Morgan fingerprint density at radius 1 is 1.62 bits per heavy atom. The molecule has 0 saturated carbocycles. The Bertz CT molecular complexity index is 252. The van der Waals surface area contributed by atoms with E-state index in [1.165, 1.54) is 4.88 Å². The average molecular weight is 220 g/mol. The molecule has 1 unspecified atom stereocenters. The van der Waals surface area contributed by atoms with Crippen molar-refractivity contribution in [2.24, 2.45) is 0 Å². The van der Waals surface area contributed by atoms with Crippen LogP contribution < -0.4 is 5.32 Å². The summed E-state index contributed by atoms with van der Waals surface area (Å²) in [6, 6.07) is 4.26. The molecule has 0 aliphatic heterocycles. The third-order valence-electron chi connectivity index (χ3n) is 1.94. The van der Waals surface area contributed by atoms with Gasteiger partial charge in [0.15, 0.2) is 0 Å². The van der Waals surface area contributed by atoms with Crippen LogP contribution >= 0.6 is 22.9 Å². The van der Waals surface area contributed by atoms with Gasteiger partial charge in [0.05, 0.1) is 4.34 Å². The topological polar surface area (TPSA) is 32.3 Å². The first-order valence-corrected chi connectivity index (χ1v) is 5.50. The summed E-state index contributed by atoms with van der Waals surface area (Å²) >= 11 is 7.43. The predicted octanol–water partition coefficient (Wildman–Crippen LogP) is 2.43. The molecular weight excluding hydrogens is 206 g/mol. The molecule has 4 heteroatoms. The van der Waals surface area contributed by atoms with Crippen LogP contribution in [0.15, 0.2) is 12.1 Å². The van der Waals surface area contributed by atoms with E-state index in [0.29, 0.717) is 6.04 Å². The van der Waals surface area contributed by atoms with E-state index in [1.807, 2.05) is 19.2 Å². The molecule has 0 aliphatic carbocycles. The van der Waals surface area contributed by atoms with E-state index in [2.05, 4.69) is 5.32 Å². The Hall–Kier alpha value is -0.0900. The number of hydrogen-bond acceptors (Lipinski definition) is 3. The van der Waals surface area contributed by atoms with Crippen molar-refractivity contribution in [2.75, 3.05) is 13.7 Å². The summed E-state index contributed by atoms with van der Waals surface area (Å²) in [6.07, 6.45) is 1.77. The van der Waals surface area contributed by atoms with Gasteiger partial charge in [-0.15, -0.1) is 11.3 Å². The molecule has 0 spiro atoms. The van der Waals surface area contributed by atoms with Crippen LogP contribution in [0.4, 0.5) is 0 Å². The average Bonchev–Trinajstić information content (AvgIpc) is 2.54. The van der Waals surface area contributed by atoms with Crippen LogP contribution in [0, 0.1) is 0 Å². The van der Waals surface area contributed by atoms with Gasteiger partial charge in [0, 0.05) is 17.5 Å². The molecule has 1 rings (SSSR count). The first-order chi connectivity index (χ1) is 6.27. The van der Waals surface area contributed by atoms with E-state index in [1.54, 1.807) is 11.3 Å². The molecule has 0 aromatic carbocycles. The Morgan fingerprint density at radius 3 is 2.85 bits per heavy atom. The van der Waals surface area contributed by atoms with Gasteiger partial charge in [0.2, 0.25) is 0 Å². The lowest BCUT2D eigenvalue weighted by molar-refractivity contribution is 0.277. The minimum atomic E-state index is 0.247. The number of aliphatic hydroxyl groups excluding tert-OH is 1. The number of thiophene rings is 1. The molecule has 2 N–H and O–H groups in total. The molecule has 1 aromatic rings. The van der Waals surface area contributed by atoms with Crippen molar-refractivity contribution in [3.05, 3.63) is 21.3 Å². The maximum absolute atomic E-state index is 8.71. The van der Waals surface area contributed by atoms with Crippen molar-refractivity contribution in [2.45, 2.75) is 18.9 Å². The van der Waals surface area contributed by atoms with E-state index >= 15 is 0 Å². The first kappa shape index (κ1) is 11.0. The molecule has 1 aromatic heterocycles. The summed E-state index contributed by atoms with van der Waals surface area (Å²) in [7, 11) is 1.93. The maximum Gasteiger partial charge on any atom is 0.0931 e. The second-order valence-electron chi connectivity index (χ2n) is 2.85. The lowest BCUT2D eigenvalue weighted by Gasteiger charge is -2.12. The van der Waals surface area contributed by atoms with Gasteiger partial charge in [-0.25, -0.2) is 0 Å². The second kappa shape index (κ2) is 5.60. The van der Waals surface area contributed by atoms with E-state index in [-0.39, 0.29) is 6.61 Å². The van der Waals surface area contributed by atoms with Gasteiger partial charge in [-0.05, 0) is 32.0 Å². The fraction of sp³-hybridized carbons (Fsp3) is 0.556. The summed E-state index contributed by atoms with van der Waals surface area (Å²) in [6.45, 7) is 0.247. The third kappa shape index (κ3) is 3.27. The Morgan fingerprint density at radius 2 is 2.38 bits per heavy atom. The molecule has 2 nitrogen and oxygen atoms in total. The smallest absolute Gasteiger partial charge is 0.0931 e. The number of rotatable bonds is 5. The standard InChI is InChI=1S/C9H14ClNOS/c1-11-7(3-2-6-12)8-4-5-9(10)13-8/h4-5,7,11-12H,2-3,6H2,1H3. The quantitative estimate of drug-likeness (QED) is 0.798. The first-order valence-electron chi connectivity index (χ1n) is 4.31. The largest absolute Gasteiger partial charge is 0.396 e. The van der Waals surface area contributed by atoms with E-state index < -0.39 is 0 Å². The van der Waals surface area contributed by atoms with E-state index in [4.69, 9.17) is 16.7 Å². The van der Waals surface area contributed by atoms with E-state index in [0.717, 1.165) is 17.2 Å². The molecule has 1 atom stereocenters. The van der Waals surface area contributed by atoms with Crippen molar-refractivity contribution in [1.82, 2.24) is 5.32 Å². The number of hydrogen-bond donors (Lipinski definition) is 2. The molecule has 74 valence electrons. The van der Waals surface area contributed by atoms with Gasteiger partial charge in [-0.1, -0.05) is 11.6 Å². The van der Waals surface area contributed by atoms with E-state index in [9.17, 15) is 0 Å². The SMILES string of the molecule is CNC(CCCO)c1ccc(Cl)s1. The Kier molecular flexibility index (Phi) is 4.73. The van der Waals surface area contributed by atoms with Gasteiger partial charge < -0.3 is 10.4 Å². The summed E-state index contributed by atoms with van der Waals surface area (Å²) < 4.78 is 0.819. The zero-order valence-electron chi connectivity index (χ0n) is 7.59. The predicted molar refractivity (Wildman–Crippen MR) is 57.4 cm³/mol. The van der Waals surface area contributed by atoms with Crippen LogP contribution in [0.5, 0.6) is 0 Å². The second-order valence-corrected chi connectivity index (χ2v) is 4.60. The molecule has 0 amide bonds. The summed E-state index contributed by atoms with van der Waals surface area (Å²) in [4.78, 5) is 1.24. The molecule has 0 radical (unpaired) electrons. The third-order valence-corrected chi connectivity index (χ3v) is 3.28. The Labute approximate surface area is 87.5 Å². The highest BCUT2D eigenvalue weighted by Gasteiger charge is 2.10. The van der Waals surface area contributed by atoms with Crippen LogP contribution in [-0.2, 0) is 0 Å². The van der Waals surface area contributed by atoms with Crippen molar-refractivity contribution in [3.8, 4) is 0 Å². The van der Waals surface area contributed by atoms with Crippen LogP contribution in [0.2, 0.25) is 4.34 Å². The number of halogens is 1. The summed E-state index contributed by atoms with van der Waals surface area (Å²) in [5.74, 6) is 0. The highest BCUT2D eigenvalue weighted by atomic mass is 35.5. The Balaban J connectivity index is 2.56. The van der Waals surface area contributed by atoms with Gasteiger partial charge in [-0.3, -0.25) is 0 Å². The van der Waals surface area contributed by atoms with Crippen molar-refractivity contribution in [1.29, 1.82) is 0 Å². The molecule has 0 fully saturated rings. The molecular formula is C9H14ClNOS. The van der Waals surface area contributed by atoms with Crippen LogP contribution in [0.1, 0.15) is 23.8 Å². The van der Waals surface area contributed by atoms with Crippen LogP contribution in [0.25, 0.3) is 0 Å². The highest BCUT2D eigenvalue weighted by molar-refractivity contribution is 7.16. The van der Waals surface area contributed by atoms with Crippen molar-refractivity contribution < 1.29 is 5.11 Å². The zero-order chi connectivity index (χ0) is 9.68. The summed E-state index contributed by atoms with van der Waals surface area (Å²) in [5, 5.41) is 11.9. The van der Waals surface area contributed by atoms with Gasteiger partial charge >= 0.3 is 0 Å². The fourth-order valence-electron chi connectivity index (χ4n) is 1.24. The van der Waals surface area contributed by atoms with Gasteiger partial charge in [0.25, 0.3) is 0 Å². The minimum absolute atomic E-state index is 0.247. The lowest BCUT2D eigenvalue weighted by atomic mass is 10.1. The zero-order valence-corrected chi connectivity index (χ0v) is 9.16. The van der Waals surface area contributed by atoms with Crippen LogP contribution in [-0.4, -0.2) is 18.8 Å². The van der Waals surface area contributed by atoms with Crippen molar-refractivity contribution in [3.63, 3.8) is 0 Å². The lowest BCUT2D eigenvalue weighted by Crippen LogP contribution is -2.15. The molecule has 0 saturated heterocycles. The summed E-state index contributed by atoms with van der Waals surface area (Å²) in [5.41, 5.74) is 0. The molecule has 0 aliphatic rings. The molecule has 1 heterocycles. The van der Waals surface area contributed by atoms with Gasteiger partial charge in [-0.2, -0.15) is 0 Å². The van der Waals surface area contributed by atoms with Crippen LogP contribution in [0.3, 0.4) is 0 Å². The monoisotopic (exact) mass is 219 g/mol. The van der Waals surface area contributed by atoms with Gasteiger partial charge in [0.1, 0.15) is 0 Å². The molecule has 13 heavy (non-hydrogen) atoms. The fourth-order valence-corrected chi connectivity index (χ4v) is 2.45. The number of aliphatic hydroxyl groups is 1. The number of nitrogens with one attached hydrogen (secondary N) is 1. The molecule has 0 bridgehead atoms. The normalized spacial score (nSPS) is 13.2. The van der Waals surface area contributed by atoms with Crippen molar-refractivity contribution >= 4 is 22.9 Å². The minimum Gasteiger partial charge on any atom is -0.396 e. The highest BCUT2D eigenvalue weighted by Crippen LogP contribution is 2.28. The maximum atomic E-state index is 8.71.